The van der Waals surface area contributed by atoms with E-state index in [1.54, 1.807) is 24.3 Å². The number of nitriles is 1. The molecule has 0 saturated carbocycles. The largest absolute Gasteiger partial charge is 0.325 e. The van der Waals surface area contributed by atoms with Crippen LogP contribution < -0.4 is 10.2 Å². The van der Waals surface area contributed by atoms with E-state index < -0.39 is 15.8 Å². The number of anilines is 1. The third-order valence-corrected chi connectivity index (χ3v) is 6.49. The minimum atomic E-state index is -3.75. The number of amides is 1. The predicted octanol–water partition coefficient (Wildman–Crippen LogP) is 0.225. The van der Waals surface area contributed by atoms with Crippen LogP contribution in [0.4, 0.5) is 10.1 Å². The first-order valence-corrected chi connectivity index (χ1v) is 10.2. The Morgan fingerprint density at radius 1 is 1.18 bits per heavy atom. The number of sulfonamides is 1. The lowest BCUT2D eigenvalue weighted by Crippen LogP contribution is -3.15. The van der Waals surface area contributed by atoms with Gasteiger partial charge in [-0.2, -0.15) is 9.57 Å². The number of quaternary nitrogens is 1. The summed E-state index contributed by atoms with van der Waals surface area (Å²) >= 11 is 0. The van der Waals surface area contributed by atoms with Crippen molar-refractivity contribution >= 4 is 21.6 Å². The Hall–Kier alpha value is -2.80. The zero-order chi connectivity index (χ0) is 20.1. The minimum absolute atomic E-state index is 0.0678. The van der Waals surface area contributed by atoms with E-state index in [-0.39, 0.29) is 30.4 Å². The molecule has 28 heavy (non-hydrogen) atoms. The van der Waals surface area contributed by atoms with E-state index in [9.17, 15) is 17.6 Å². The fourth-order valence-corrected chi connectivity index (χ4v) is 4.58. The van der Waals surface area contributed by atoms with Gasteiger partial charge in [-0.25, -0.2) is 12.8 Å². The monoisotopic (exact) mass is 403 g/mol. The SMILES string of the molecule is N#Cc1ccccc1NC(=O)C[NH+]1CCN(S(=O)(=O)c2cccc(F)c2)CC1. The highest BCUT2D eigenvalue weighted by molar-refractivity contribution is 7.89. The van der Waals surface area contributed by atoms with Crippen molar-refractivity contribution in [1.29, 1.82) is 5.26 Å². The quantitative estimate of drug-likeness (QED) is 0.747. The van der Waals surface area contributed by atoms with Gasteiger partial charge in [0.15, 0.2) is 6.54 Å². The van der Waals surface area contributed by atoms with Gasteiger partial charge in [-0.3, -0.25) is 4.79 Å². The van der Waals surface area contributed by atoms with Crippen LogP contribution in [0, 0.1) is 17.1 Å². The topological polar surface area (TPSA) is 94.7 Å². The first kappa shape index (κ1) is 19.9. The van der Waals surface area contributed by atoms with E-state index in [0.29, 0.717) is 24.3 Å². The van der Waals surface area contributed by atoms with E-state index in [2.05, 4.69) is 5.32 Å². The Balaban J connectivity index is 1.57. The third kappa shape index (κ3) is 4.54. The standard InChI is InChI=1S/C19H19FN4O3S/c20-16-5-3-6-17(12-16)28(26,27)24-10-8-23(9-11-24)14-19(25)22-18-7-2-1-4-15(18)13-21/h1-7,12H,8-11,14H2,(H,22,25)/p+1. The van der Waals surface area contributed by atoms with Gasteiger partial charge >= 0.3 is 0 Å². The minimum Gasteiger partial charge on any atom is -0.325 e. The van der Waals surface area contributed by atoms with Gasteiger partial charge in [-0.15, -0.1) is 0 Å². The Kier molecular flexibility index (Phi) is 6.04. The van der Waals surface area contributed by atoms with Crippen molar-refractivity contribution in [3.05, 3.63) is 59.9 Å². The van der Waals surface area contributed by atoms with Crippen LogP contribution in [0.15, 0.2) is 53.4 Å². The maximum Gasteiger partial charge on any atom is 0.279 e. The van der Waals surface area contributed by atoms with Crippen LogP contribution >= 0.6 is 0 Å². The van der Waals surface area contributed by atoms with Gasteiger partial charge in [-0.1, -0.05) is 18.2 Å². The smallest absolute Gasteiger partial charge is 0.279 e. The molecule has 1 heterocycles. The molecule has 0 spiro atoms. The summed E-state index contributed by atoms with van der Waals surface area (Å²) in [5.41, 5.74) is 0.846. The predicted molar refractivity (Wildman–Crippen MR) is 101 cm³/mol. The number of hydrogen-bond donors (Lipinski definition) is 2. The number of rotatable bonds is 5. The van der Waals surface area contributed by atoms with Gasteiger partial charge < -0.3 is 10.2 Å². The molecule has 2 N–H and O–H groups in total. The van der Waals surface area contributed by atoms with Gasteiger partial charge in [0.05, 0.1) is 42.3 Å². The molecular weight excluding hydrogens is 383 g/mol. The normalized spacial score (nSPS) is 15.7. The maximum atomic E-state index is 13.4. The second kappa shape index (κ2) is 8.48. The van der Waals surface area contributed by atoms with Crippen LogP contribution in [0.2, 0.25) is 0 Å². The Labute approximate surface area is 163 Å². The summed E-state index contributed by atoms with van der Waals surface area (Å²) in [4.78, 5) is 13.1. The van der Waals surface area contributed by atoms with Gasteiger partial charge in [0.2, 0.25) is 10.0 Å². The molecule has 1 aliphatic heterocycles. The molecule has 2 aromatic carbocycles. The van der Waals surface area contributed by atoms with Crippen molar-refractivity contribution in [2.45, 2.75) is 4.90 Å². The van der Waals surface area contributed by atoms with E-state index in [1.807, 2.05) is 6.07 Å². The van der Waals surface area contributed by atoms with Crippen LogP contribution in [0.5, 0.6) is 0 Å². The number of piperazine rings is 1. The van der Waals surface area contributed by atoms with Gasteiger partial charge in [-0.05, 0) is 30.3 Å². The lowest BCUT2D eigenvalue weighted by atomic mass is 10.2. The summed E-state index contributed by atoms with van der Waals surface area (Å²) < 4.78 is 39.9. The highest BCUT2D eigenvalue weighted by Crippen LogP contribution is 2.16. The number of carbonyl (C=O) groups is 1. The van der Waals surface area contributed by atoms with Gasteiger partial charge in [0.25, 0.3) is 5.91 Å². The number of para-hydroxylation sites is 1. The molecule has 0 atom stereocenters. The van der Waals surface area contributed by atoms with E-state index in [4.69, 9.17) is 5.26 Å². The molecule has 0 aliphatic carbocycles. The summed E-state index contributed by atoms with van der Waals surface area (Å²) in [6.07, 6.45) is 0. The molecule has 0 aromatic heterocycles. The Bertz CT molecular complexity index is 1010. The zero-order valence-electron chi connectivity index (χ0n) is 15.1. The Morgan fingerprint density at radius 2 is 1.89 bits per heavy atom. The second-order valence-electron chi connectivity index (χ2n) is 6.49. The van der Waals surface area contributed by atoms with Crippen molar-refractivity contribution in [2.24, 2.45) is 0 Å². The Morgan fingerprint density at radius 3 is 2.57 bits per heavy atom. The van der Waals surface area contributed by atoms with Crippen LogP contribution in [0.25, 0.3) is 0 Å². The van der Waals surface area contributed by atoms with Crippen LogP contribution in [-0.4, -0.2) is 51.4 Å². The van der Waals surface area contributed by atoms with Crippen LogP contribution in [0.3, 0.4) is 0 Å². The van der Waals surface area contributed by atoms with Crippen molar-refractivity contribution in [1.82, 2.24) is 4.31 Å². The van der Waals surface area contributed by atoms with Gasteiger partial charge in [0, 0.05) is 0 Å². The van der Waals surface area contributed by atoms with Crippen molar-refractivity contribution in [3.63, 3.8) is 0 Å². The molecule has 0 bridgehead atoms. The number of benzene rings is 2. The first-order chi connectivity index (χ1) is 13.4. The molecule has 2 aromatic rings. The summed E-state index contributed by atoms with van der Waals surface area (Å²) in [5.74, 6) is -0.834. The van der Waals surface area contributed by atoms with E-state index in [0.717, 1.165) is 11.0 Å². The summed E-state index contributed by atoms with van der Waals surface area (Å²) in [5, 5.41) is 11.8. The number of carbonyl (C=O) groups excluding carboxylic acids is 1. The second-order valence-corrected chi connectivity index (χ2v) is 8.43. The summed E-state index contributed by atoms with van der Waals surface area (Å²) in [6, 6.07) is 13.7. The van der Waals surface area contributed by atoms with Crippen LogP contribution in [0.1, 0.15) is 5.56 Å². The fraction of sp³-hybridized carbons (Fsp3) is 0.263. The summed E-state index contributed by atoms with van der Waals surface area (Å²) in [6.45, 7) is 1.59. The molecule has 1 saturated heterocycles. The number of halogens is 1. The molecule has 1 aliphatic rings. The molecule has 1 fully saturated rings. The number of nitrogens with one attached hydrogen (secondary N) is 2. The molecule has 3 rings (SSSR count). The fourth-order valence-electron chi connectivity index (χ4n) is 3.11. The third-order valence-electron chi connectivity index (χ3n) is 4.60. The zero-order valence-corrected chi connectivity index (χ0v) is 15.9. The maximum absolute atomic E-state index is 13.4. The molecule has 1 amide bonds. The molecule has 9 heteroatoms. The molecule has 7 nitrogen and oxygen atoms in total. The van der Waals surface area contributed by atoms with Crippen molar-refractivity contribution in [2.75, 3.05) is 38.0 Å². The van der Waals surface area contributed by atoms with Crippen molar-refractivity contribution < 1.29 is 22.5 Å². The average Bonchev–Trinajstić information content (AvgIpc) is 2.69. The first-order valence-electron chi connectivity index (χ1n) is 8.78. The summed E-state index contributed by atoms with van der Waals surface area (Å²) in [7, 11) is -3.75. The average molecular weight is 403 g/mol. The van der Waals surface area contributed by atoms with Gasteiger partial charge in [0.1, 0.15) is 11.9 Å². The lowest BCUT2D eigenvalue weighted by Gasteiger charge is -2.31. The number of nitrogens with zero attached hydrogens (tertiary/aromatic N) is 2. The molecule has 0 radical (unpaired) electrons. The molecule has 0 unspecified atom stereocenters. The highest BCUT2D eigenvalue weighted by Gasteiger charge is 2.31. The van der Waals surface area contributed by atoms with E-state index in [1.165, 1.54) is 22.5 Å². The van der Waals surface area contributed by atoms with E-state index >= 15 is 0 Å². The lowest BCUT2D eigenvalue weighted by molar-refractivity contribution is -0.895. The molecule has 146 valence electrons. The van der Waals surface area contributed by atoms with Crippen molar-refractivity contribution in [3.8, 4) is 6.07 Å². The van der Waals surface area contributed by atoms with Crippen LogP contribution in [-0.2, 0) is 14.8 Å². The highest BCUT2D eigenvalue weighted by atomic mass is 32.2. The molecular formula is C19H20FN4O3S+. The number of hydrogen-bond acceptors (Lipinski definition) is 4.